The Balaban J connectivity index is 1.37. The summed E-state index contributed by atoms with van der Waals surface area (Å²) in [6.45, 7) is 5.86. The van der Waals surface area contributed by atoms with Gasteiger partial charge >= 0.3 is 0 Å². The van der Waals surface area contributed by atoms with Gasteiger partial charge in [0, 0.05) is 49.7 Å². The van der Waals surface area contributed by atoms with E-state index in [1.807, 2.05) is 18.2 Å². The van der Waals surface area contributed by atoms with E-state index in [0.29, 0.717) is 11.6 Å². The van der Waals surface area contributed by atoms with Gasteiger partial charge in [0.15, 0.2) is 0 Å². The Bertz CT molecular complexity index is 798. The Morgan fingerprint density at radius 2 is 1.70 bits per heavy atom. The Morgan fingerprint density at radius 1 is 0.963 bits per heavy atom. The Hall–Kier alpha value is -1.92. The zero-order valence-corrected chi connectivity index (χ0v) is 16.4. The number of amides is 1. The maximum absolute atomic E-state index is 12.6. The van der Waals surface area contributed by atoms with Crippen molar-refractivity contribution in [1.82, 2.24) is 19.8 Å². The van der Waals surface area contributed by atoms with Crippen LogP contribution in [0.3, 0.4) is 0 Å². The van der Waals surface area contributed by atoms with Crippen molar-refractivity contribution < 1.29 is 4.79 Å². The van der Waals surface area contributed by atoms with Crippen molar-refractivity contribution >= 4 is 34.2 Å². The average Bonchev–Trinajstić information content (AvgIpc) is 2.97. The van der Waals surface area contributed by atoms with E-state index in [2.05, 4.69) is 24.7 Å². The van der Waals surface area contributed by atoms with Crippen LogP contribution in [-0.2, 0) is 4.79 Å². The van der Waals surface area contributed by atoms with Crippen molar-refractivity contribution in [2.45, 2.75) is 25.7 Å². The molecule has 0 unspecified atom stereocenters. The molecule has 0 spiro atoms. The molecule has 1 amide bonds. The van der Waals surface area contributed by atoms with Crippen LogP contribution in [0.25, 0.3) is 10.9 Å². The molecular weight excluding hydrogens is 362 g/mol. The van der Waals surface area contributed by atoms with E-state index in [-0.39, 0.29) is 5.91 Å². The minimum absolute atomic E-state index is 0.285. The Kier molecular flexibility index (Phi) is 5.74. The molecule has 6 nitrogen and oxygen atoms in total. The lowest BCUT2D eigenvalue weighted by molar-refractivity contribution is -0.132. The number of piperazine rings is 1. The summed E-state index contributed by atoms with van der Waals surface area (Å²) in [5.41, 5.74) is 0.867. The highest BCUT2D eigenvalue weighted by Gasteiger charge is 2.23. The van der Waals surface area contributed by atoms with E-state index in [1.165, 1.54) is 12.8 Å². The lowest BCUT2D eigenvalue weighted by Gasteiger charge is -2.36. The second-order valence-electron chi connectivity index (χ2n) is 7.42. The number of hydrogen-bond donors (Lipinski definition) is 0. The summed E-state index contributed by atoms with van der Waals surface area (Å²) in [4.78, 5) is 28.1. The molecule has 0 aliphatic carbocycles. The highest BCUT2D eigenvalue weighted by molar-refractivity contribution is 6.31. The van der Waals surface area contributed by atoms with Gasteiger partial charge in [0.25, 0.3) is 0 Å². The molecule has 0 radical (unpaired) electrons. The minimum Gasteiger partial charge on any atom is -0.353 e. The molecule has 3 heterocycles. The van der Waals surface area contributed by atoms with Gasteiger partial charge in [-0.05, 0) is 31.0 Å². The summed E-state index contributed by atoms with van der Waals surface area (Å²) >= 11 is 6.08. The van der Waals surface area contributed by atoms with Gasteiger partial charge in [0.2, 0.25) is 5.91 Å². The number of fused-ring (bicyclic) bond motifs is 1. The first-order chi connectivity index (χ1) is 13.2. The fourth-order valence-corrected chi connectivity index (χ4v) is 4.16. The molecule has 2 fully saturated rings. The highest BCUT2D eigenvalue weighted by Crippen LogP contribution is 2.26. The summed E-state index contributed by atoms with van der Waals surface area (Å²) in [6, 6.07) is 5.74. The number of rotatable bonds is 3. The molecule has 1 aromatic heterocycles. The van der Waals surface area contributed by atoms with E-state index in [1.54, 1.807) is 6.33 Å². The number of carbonyl (C=O) groups excluding carboxylic acids is 1. The Morgan fingerprint density at radius 3 is 2.44 bits per heavy atom. The van der Waals surface area contributed by atoms with Crippen LogP contribution in [0.4, 0.5) is 5.82 Å². The molecule has 2 aliphatic rings. The summed E-state index contributed by atoms with van der Waals surface area (Å²) in [5, 5.41) is 1.71. The third kappa shape index (κ3) is 4.33. The highest BCUT2D eigenvalue weighted by atomic mass is 35.5. The topological polar surface area (TPSA) is 52.6 Å². The number of halogens is 1. The molecule has 2 saturated heterocycles. The minimum atomic E-state index is 0.285. The second kappa shape index (κ2) is 8.40. The van der Waals surface area contributed by atoms with Crippen LogP contribution in [0.15, 0.2) is 24.5 Å². The quantitative estimate of drug-likeness (QED) is 0.810. The van der Waals surface area contributed by atoms with Crippen LogP contribution in [0.1, 0.15) is 25.7 Å². The normalized spacial score (nSPS) is 19.3. The SMILES string of the molecule is O=C(CN1CCN(c2ncnc3cc(Cl)ccc23)CC1)N1CCCCCC1. The molecule has 2 aliphatic heterocycles. The van der Waals surface area contributed by atoms with Crippen molar-refractivity contribution in [2.24, 2.45) is 0 Å². The maximum Gasteiger partial charge on any atom is 0.236 e. The summed E-state index contributed by atoms with van der Waals surface area (Å²) < 4.78 is 0. The van der Waals surface area contributed by atoms with Crippen LogP contribution in [0, 0.1) is 0 Å². The van der Waals surface area contributed by atoms with Gasteiger partial charge < -0.3 is 9.80 Å². The van der Waals surface area contributed by atoms with Gasteiger partial charge in [-0.1, -0.05) is 24.4 Å². The number of hydrogen-bond acceptors (Lipinski definition) is 5. The van der Waals surface area contributed by atoms with E-state index >= 15 is 0 Å². The molecule has 144 valence electrons. The molecule has 0 bridgehead atoms. The van der Waals surface area contributed by atoms with Gasteiger partial charge in [-0.15, -0.1) is 0 Å². The first kappa shape index (κ1) is 18.4. The molecule has 2 aromatic rings. The zero-order chi connectivity index (χ0) is 18.6. The summed E-state index contributed by atoms with van der Waals surface area (Å²) in [7, 11) is 0. The van der Waals surface area contributed by atoms with Crippen molar-refractivity contribution in [3.05, 3.63) is 29.5 Å². The first-order valence-corrected chi connectivity index (χ1v) is 10.2. The van der Waals surface area contributed by atoms with Gasteiger partial charge in [-0.25, -0.2) is 9.97 Å². The predicted octanol–water partition coefficient (Wildman–Crippen LogP) is 2.81. The van der Waals surface area contributed by atoms with E-state index in [4.69, 9.17) is 11.6 Å². The van der Waals surface area contributed by atoms with E-state index < -0.39 is 0 Å². The molecule has 1 aromatic carbocycles. The van der Waals surface area contributed by atoms with Crippen LogP contribution >= 0.6 is 11.6 Å². The van der Waals surface area contributed by atoms with Crippen LogP contribution in [0.5, 0.6) is 0 Å². The first-order valence-electron chi connectivity index (χ1n) is 9.86. The van der Waals surface area contributed by atoms with Gasteiger partial charge in [0.05, 0.1) is 12.1 Å². The van der Waals surface area contributed by atoms with Crippen molar-refractivity contribution in [2.75, 3.05) is 50.7 Å². The standard InChI is InChI=1S/C20H26ClN5O/c21-16-5-6-17-18(13-16)22-15-23-20(17)26-11-9-24(10-12-26)14-19(27)25-7-3-1-2-4-8-25/h5-6,13,15H,1-4,7-12,14H2. The lowest BCUT2D eigenvalue weighted by Crippen LogP contribution is -2.50. The molecule has 27 heavy (non-hydrogen) atoms. The van der Waals surface area contributed by atoms with Gasteiger partial charge in [-0.2, -0.15) is 0 Å². The van der Waals surface area contributed by atoms with Gasteiger partial charge in [0.1, 0.15) is 12.1 Å². The number of nitrogens with zero attached hydrogens (tertiary/aromatic N) is 5. The monoisotopic (exact) mass is 387 g/mol. The van der Waals surface area contributed by atoms with Crippen molar-refractivity contribution in [3.63, 3.8) is 0 Å². The zero-order valence-electron chi connectivity index (χ0n) is 15.6. The fraction of sp³-hybridized carbons (Fsp3) is 0.550. The van der Waals surface area contributed by atoms with Crippen molar-refractivity contribution in [3.8, 4) is 0 Å². The number of carbonyl (C=O) groups is 1. The lowest BCUT2D eigenvalue weighted by atomic mass is 10.2. The molecular formula is C20H26ClN5O. The molecule has 0 saturated carbocycles. The fourth-order valence-electron chi connectivity index (χ4n) is 4.00. The van der Waals surface area contributed by atoms with Gasteiger partial charge in [-0.3, -0.25) is 9.69 Å². The molecule has 4 rings (SSSR count). The summed E-state index contributed by atoms with van der Waals surface area (Å²) in [5.74, 6) is 1.24. The summed E-state index contributed by atoms with van der Waals surface area (Å²) in [6.07, 6.45) is 6.39. The third-order valence-electron chi connectivity index (χ3n) is 5.57. The van der Waals surface area contributed by atoms with E-state index in [0.717, 1.165) is 68.8 Å². The van der Waals surface area contributed by atoms with Crippen LogP contribution < -0.4 is 4.90 Å². The maximum atomic E-state index is 12.6. The number of benzene rings is 1. The number of anilines is 1. The van der Waals surface area contributed by atoms with Crippen LogP contribution in [-0.4, -0.2) is 71.5 Å². The van der Waals surface area contributed by atoms with E-state index in [9.17, 15) is 4.79 Å². The Labute approximate surface area is 165 Å². The third-order valence-corrected chi connectivity index (χ3v) is 5.80. The van der Waals surface area contributed by atoms with Crippen molar-refractivity contribution in [1.29, 1.82) is 0 Å². The second-order valence-corrected chi connectivity index (χ2v) is 7.85. The smallest absolute Gasteiger partial charge is 0.236 e. The largest absolute Gasteiger partial charge is 0.353 e. The average molecular weight is 388 g/mol. The molecule has 0 N–H and O–H groups in total. The number of aromatic nitrogens is 2. The molecule has 0 atom stereocenters. The number of likely N-dealkylation sites (tertiary alicyclic amines) is 1. The predicted molar refractivity (Wildman–Crippen MR) is 108 cm³/mol. The molecule has 7 heteroatoms. The van der Waals surface area contributed by atoms with Crippen LogP contribution in [0.2, 0.25) is 5.02 Å².